The number of hydrogen-bond donors (Lipinski definition) is 1. The van der Waals surface area contributed by atoms with E-state index in [4.69, 9.17) is 5.73 Å². The van der Waals surface area contributed by atoms with E-state index in [1.165, 1.54) is 31.4 Å². The first-order valence-electron chi connectivity index (χ1n) is 7.88. The monoisotopic (exact) mass is 274 g/mol. The maximum Gasteiger partial charge on any atom is 0.133 e. The molecule has 2 aliphatic heterocycles. The molecule has 0 aromatic carbocycles. The van der Waals surface area contributed by atoms with Crippen molar-refractivity contribution in [3.63, 3.8) is 0 Å². The number of nitrogens with two attached hydrogens (primary N) is 1. The normalized spacial score (nSPS) is 29.1. The highest BCUT2D eigenvalue weighted by atomic mass is 15.3. The number of aromatic nitrogens is 1. The summed E-state index contributed by atoms with van der Waals surface area (Å²) >= 11 is 0. The standard InChI is InChI=1S/C16H26N4/c1-12-10-19-9-4-3-6-14(19)11-20(12)16-15(13(2)17)7-5-8-18-16/h5,7-8,12-14H,3-4,6,9-11,17H2,1-2H3. The summed E-state index contributed by atoms with van der Waals surface area (Å²) in [4.78, 5) is 9.78. The molecule has 4 nitrogen and oxygen atoms in total. The van der Waals surface area contributed by atoms with Gasteiger partial charge in [0.2, 0.25) is 0 Å². The third-order valence-electron chi connectivity index (χ3n) is 4.77. The largest absolute Gasteiger partial charge is 0.351 e. The molecule has 2 aliphatic rings. The lowest BCUT2D eigenvalue weighted by atomic mass is 9.96. The van der Waals surface area contributed by atoms with Gasteiger partial charge >= 0.3 is 0 Å². The van der Waals surface area contributed by atoms with E-state index in [-0.39, 0.29) is 6.04 Å². The van der Waals surface area contributed by atoms with Crippen LogP contribution in [0.3, 0.4) is 0 Å². The molecule has 1 aromatic heterocycles. The molecule has 3 atom stereocenters. The lowest BCUT2D eigenvalue weighted by Crippen LogP contribution is -2.59. The van der Waals surface area contributed by atoms with Crippen LogP contribution >= 0.6 is 0 Å². The summed E-state index contributed by atoms with van der Waals surface area (Å²) in [5.41, 5.74) is 7.29. The fourth-order valence-corrected chi connectivity index (χ4v) is 3.65. The molecule has 4 heteroatoms. The molecule has 3 heterocycles. The first-order valence-corrected chi connectivity index (χ1v) is 7.88. The summed E-state index contributed by atoms with van der Waals surface area (Å²) in [5.74, 6) is 1.10. The third kappa shape index (κ3) is 2.54. The van der Waals surface area contributed by atoms with E-state index in [1.807, 2.05) is 19.2 Å². The van der Waals surface area contributed by atoms with Crippen molar-refractivity contribution in [2.75, 3.05) is 24.5 Å². The second kappa shape index (κ2) is 5.70. The van der Waals surface area contributed by atoms with Crippen LogP contribution in [0.25, 0.3) is 0 Å². The number of hydrogen-bond acceptors (Lipinski definition) is 4. The summed E-state index contributed by atoms with van der Waals surface area (Å²) in [6, 6.07) is 5.35. The maximum absolute atomic E-state index is 6.12. The Labute approximate surface area is 122 Å². The second-order valence-corrected chi connectivity index (χ2v) is 6.35. The number of anilines is 1. The number of rotatable bonds is 2. The van der Waals surface area contributed by atoms with Gasteiger partial charge in [-0.25, -0.2) is 4.98 Å². The highest BCUT2D eigenvalue weighted by Gasteiger charge is 2.34. The summed E-state index contributed by atoms with van der Waals surface area (Å²) in [5, 5.41) is 0. The van der Waals surface area contributed by atoms with Crippen LogP contribution in [-0.4, -0.2) is 41.6 Å². The van der Waals surface area contributed by atoms with Crippen molar-refractivity contribution in [2.24, 2.45) is 5.73 Å². The zero-order valence-electron chi connectivity index (χ0n) is 12.6. The number of pyridine rings is 1. The number of nitrogens with zero attached hydrogens (tertiary/aromatic N) is 3. The van der Waals surface area contributed by atoms with E-state index in [0.717, 1.165) is 18.9 Å². The fraction of sp³-hybridized carbons (Fsp3) is 0.688. The molecule has 0 amide bonds. The molecule has 2 saturated heterocycles. The highest BCUT2D eigenvalue weighted by molar-refractivity contribution is 5.50. The first kappa shape index (κ1) is 13.8. The van der Waals surface area contributed by atoms with Crippen molar-refractivity contribution in [3.05, 3.63) is 23.9 Å². The topological polar surface area (TPSA) is 45.4 Å². The lowest BCUT2D eigenvalue weighted by molar-refractivity contribution is 0.115. The molecular weight excluding hydrogens is 248 g/mol. The minimum atomic E-state index is 0.0373. The third-order valence-corrected chi connectivity index (χ3v) is 4.77. The molecule has 0 aliphatic carbocycles. The van der Waals surface area contributed by atoms with E-state index in [0.29, 0.717) is 12.1 Å². The van der Waals surface area contributed by atoms with Gasteiger partial charge in [0.15, 0.2) is 0 Å². The van der Waals surface area contributed by atoms with Crippen LogP contribution in [0.1, 0.15) is 44.7 Å². The van der Waals surface area contributed by atoms with Crippen molar-refractivity contribution in [1.29, 1.82) is 0 Å². The van der Waals surface area contributed by atoms with Crippen molar-refractivity contribution < 1.29 is 0 Å². The average molecular weight is 274 g/mol. The van der Waals surface area contributed by atoms with Gasteiger partial charge in [-0.1, -0.05) is 12.5 Å². The van der Waals surface area contributed by atoms with Gasteiger partial charge in [-0.05, 0) is 39.3 Å². The summed E-state index contributed by atoms with van der Waals surface area (Å²) in [6.45, 7) is 7.87. The summed E-state index contributed by atoms with van der Waals surface area (Å²) in [7, 11) is 0. The Balaban J connectivity index is 1.86. The van der Waals surface area contributed by atoms with Gasteiger partial charge in [0.1, 0.15) is 5.82 Å². The van der Waals surface area contributed by atoms with Crippen molar-refractivity contribution in [1.82, 2.24) is 9.88 Å². The molecule has 0 bridgehead atoms. The number of piperazine rings is 1. The average Bonchev–Trinajstić information content (AvgIpc) is 2.46. The van der Waals surface area contributed by atoms with E-state index in [1.54, 1.807) is 0 Å². The minimum absolute atomic E-state index is 0.0373. The predicted octanol–water partition coefficient (Wildman–Crippen LogP) is 2.16. The summed E-state index contributed by atoms with van der Waals surface area (Å²) in [6.07, 6.45) is 5.94. The SMILES string of the molecule is CC(N)c1cccnc1N1CC2CCCCN2CC1C. The minimum Gasteiger partial charge on any atom is -0.351 e. The Morgan fingerprint density at radius 1 is 1.35 bits per heavy atom. The zero-order valence-corrected chi connectivity index (χ0v) is 12.6. The van der Waals surface area contributed by atoms with Gasteiger partial charge in [0, 0.05) is 43.0 Å². The van der Waals surface area contributed by atoms with E-state index in [9.17, 15) is 0 Å². The molecule has 0 spiro atoms. The Hall–Kier alpha value is -1.13. The number of piperidine rings is 1. The van der Waals surface area contributed by atoms with Crippen molar-refractivity contribution in [2.45, 2.75) is 51.2 Å². The van der Waals surface area contributed by atoms with Gasteiger partial charge in [-0.3, -0.25) is 4.90 Å². The quantitative estimate of drug-likeness (QED) is 0.897. The maximum atomic E-state index is 6.12. The molecule has 110 valence electrons. The van der Waals surface area contributed by atoms with Crippen molar-refractivity contribution in [3.8, 4) is 0 Å². The van der Waals surface area contributed by atoms with Gasteiger partial charge < -0.3 is 10.6 Å². The Morgan fingerprint density at radius 3 is 3.00 bits per heavy atom. The predicted molar refractivity (Wildman–Crippen MR) is 82.9 cm³/mol. The van der Waals surface area contributed by atoms with Crippen LogP contribution in [0.15, 0.2) is 18.3 Å². The zero-order chi connectivity index (χ0) is 14.1. The molecule has 2 N–H and O–H groups in total. The van der Waals surface area contributed by atoms with E-state index >= 15 is 0 Å². The van der Waals surface area contributed by atoms with Gasteiger partial charge in [-0.2, -0.15) is 0 Å². The van der Waals surface area contributed by atoms with Crippen LogP contribution in [-0.2, 0) is 0 Å². The van der Waals surface area contributed by atoms with Gasteiger partial charge in [0.25, 0.3) is 0 Å². The van der Waals surface area contributed by atoms with Crippen molar-refractivity contribution >= 4 is 5.82 Å². The highest BCUT2D eigenvalue weighted by Crippen LogP contribution is 2.30. The second-order valence-electron chi connectivity index (χ2n) is 6.35. The van der Waals surface area contributed by atoms with E-state index in [2.05, 4.69) is 27.8 Å². The molecule has 2 fully saturated rings. The van der Waals surface area contributed by atoms with Crippen LogP contribution in [0.4, 0.5) is 5.82 Å². The fourth-order valence-electron chi connectivity index (χ4n) is 3.65. The molecule has 0 radical (unpaired) electrons. The first-order chi connectivity index (χ1) is 9.66. The van der Waals surface area contributed by atoms with Crippen LogP contribution in [0, 0.1) is 0 Å². The lowest BCUT2D eigenvalue weighted by Gasteiger charge is -2.48. The van der Waals surface area contributed by atoms with Gasteiger partial charge in [-0.15, -0.1) is 0 Å². The Kier molecular flexibility index (Phi) is 3.94. The van der Waals surface area contributed by atoms with Crippen LogP contribution < -0.4 is 10.6 Å². The van der Waals surface area contributed by atoms with E-state index < -0.39 is 0 Å². The Bertz CT molecular complexity index is 460. The molecule has 1 aromatic rings. The summed E-state index contributed by atoms with van der Waals surface area (Å²) < 4.78 is 0. The molecular formula is C16H26N4. The number of fused-ring (bicyclic) bond motifs is 1. The smallest absolute Gasteiger partial charge is 0.133 e. The molecule has 0 saturated carbocycles. The van der Waals surface area contributed by atoms with Gasteiger partial charge in [0.05, 0.1) is 0 Å². The Morgan fingerprint density at radius 2 is 2.20 bits per heavy atom. The van der Waals surface area contributed by atoms with Crippen LogP contribution in [0.5, 0.6) is 0 Å². The molecule has 20 heavy (non-hydrogen) atoms. The molecule has 3 rings (SSSR count). The molecule has 3 unspecified atom stereocenters. The van der Waals surface area contributed by atoms with Crippen LogP contribution in [0.2, 0.25) is 0 Å².